The molecular weight excluding hydrogens is 484 g/mol. The van der Waals surface area contributed by atoms with Crippen molar-refractivity contribution in [3.8, 4) is 17.2 Å². The minimum absolute atomic E-state index is 0.313. The van der Waals surface area contributed by atoms with Gasteiger partial charge in [0.2, 0.25) is 0 Å². The summed E-state index contributed by atoms with van der Waals surface area (Å²) in [5, 5.41) is 0. The lowest BCUT2D eigenvalue weighted by Gasteiger charge is -2.09. The predicted octanol–water partition coefficient (Wildman–Crippen LogP) is 6.36. The van der Waals surface area contributed by atoms with Gasteiger partial charge in [0.05, 0.1) is 24.3 Å². The zero-order valence-electron chi connectivity index (χ0n) is 21.7. The first kappa shape index (κ1) is 28.2. The van der Waals surface area contributed by atoms with Crippen molar-refractivity contribution in [2.75, 3.05) is 13.2 Å². The molecule has 3 rings (SSSR count). The van der Waals surface area contributed by atoms with E-state index in [2.05, 4.69) is 13.5 Å². The van der Waals surface area contributed by atoms with Crippen LogP contribution in [0.2, 0.25) is 0 Å². The van der Waals surface area contributed by atoms with Crippen LogP contribution in [0, 0.1) is 0 Å². The van der Waals surface area contributed by atoms with Gasteiger partial charge in [-0.1, -0.05) is 25.6 Å². The van der Waals surface area contributed by atoms with Gasteiger partial charge in [0.15, 0.2) is 0 Å². The van der Waals surface area contributed by atoms with E-state index in [4.69, 9.17) is 18.9 Å². The Morgan fingerprint density at radius 1 is 0.658 bits per heavy atom. The Hall–Kier alpha value is -4.39. The van der Waals surface area contributed by atoms with Crippen LogP contribution in [-0.2, 0) is 16.0 Å². The van der Waals surface area contributed by atoms with E-state index in [0.29, 0.717) is 47.2 Å². The summed E-state index contributed by atoms with van der Waals surface area (Å²) >= 11 is 0. The Kier molecular flexibility index (Phi) is 10.7. The van der Waals surface area contributed by atoms with Crippen LogP contribution in [0.3, 0.4) is 0 Å². The van der Waals surface area contributed by atoms with E-state index in [1.165, 1.54) is 0 Å². The zero-order valence-corrected chi connectivity index (χ0v) is 21.7. The number of unbranched alkanes of at least 4 members (excludes halogenated alkanes) is 2. The standard InChI is InChI=1S/C31H32O7/c1-4-23-8-14-27(15-9-23)37-31(34)25-12-18-28(19-13-25)38-30(33)24-10-16-26(17-11-24)35-20-6-5-7-21-36-29(32)22(2)3/h8-19H,2,4-7,20-21H2,1,3H3. The van der Waals surface area contributed by atoms with E-state index in [9.17, 15) is 14.4 Å². The second-order valence-corrected chi connectivity index (χ2v) is 8.65. The molecule has 7 heteroatoms. The molecule has 3 aromatic carbocycles. The third kappa shape index (κ3) is 8.92. The lowest BCUT2D eigenvalue weighted by atomic mass is 10.2. The number of hydrogen-bond acceptors (Lipinski definition) is 7. The van der Waals surface area contributed by atoms with Crippen molar-refractivity contribution < 1.29 is 33.3 Å². The number of ether oxygens (including phenoxy) is 4. The van der Waals surface area contributed by atoms with Crippen LogP contribution in [0.15, 0.2) is 84.9 Å². The zero-order chi connectivity index (χ0) is 27.3. The van der Waals surface area contributed by atoms with Gasteiger partial charge < -0.3 is 18.9 Å². The third-order valence-corrected chi connectivity index (χ3v) is 5.57. The molecule has 0 amide bonds. The molecule has 0 aliphatic rings. The smallest absolute Gasteiger partial charge is 0.343 e. The Morgan fingerprint density at radius 3 is 1.63 bits per heavy atom. The average molecular weight is 517 g/mol. The fraction of sp³-hybridized carbons (Fsp3) is 0.258. The number of carbonyl (C=O) groups is 3. The normalized spacial score (nSPS) is 10.4. The van der Waals surface area contributed by atoms with Crippen molar-refractivity contribution in [3.05, 3.63) is 102 Å². The van der Waals surface area contributed by atoms with Crippen molar-refractivity contribution in [1.82, 2.24) is 0 Å². The summed E-state index contributed by atoms with van der Waals surface area (Å²) in [5.74, 6) is 0.0409. The van der Waals surface area contributed by atoms with E-state index in [1.807, 2.05) is 12.1 Å². The Labute approximate surface area is 223 Å². The third-order valence-electron chi connectivity index (χ3n) is 5.57. The molecule has 38 heavy (non-hydrogen) atoms. The molecule has 0 fully saturated rings. The highest BCUT2D eigenvalue weighted by molar-refractivity contribution is 5.92. The number of rotatable bonds is 13. The summed E-state index contributed by atoms with van der Waals surface area (Å²) in [5.41, 5.74) is 2.27. The topological polar surface area (TPSA) is 88.1 Å². The molecule has 0 radical (unpaired) electrons. The van der Waals surface area contributed by atoms with Crippen LogP contribution >= 0.6 is 0 Å². The van der Waals surface area contributed by atoms with E-state index < -0.39 is 11.9 Å². The highest BCUT2D eigenvalue weighted by atomic mass is 16.5. The number of carbonyl (C=O) groups excluding carboxylic acids is 3. The lowest BCUT2D eigenvalue weighted by Crippen LogP contribution is -2.10. The first-order valence-corrected chi connectivity index (χ1v) is 12.5. The minimum atomic E-state index is -0.521. The van der Waals surface area contributed by atoms with E-state index in [1.54, 1.807) is 67.6 Å². The van der Waals surface area contributed by atoms with Gasteiger partial charge >= 0.3 is 17.9 Å². The maximum atomic E-state index is 12.5. The fourth-order valence-electron chi connectivity index (χ4n) is 3.33. The summed E-state index contributed by atoms with van der Waals surface area (Å²) in [6, 6.07) is 20.2. The summed E-state index contributed by atoms with van der Waals surface area (Å²) in [7, 11) is 0. The van der Waals surface area contributed by atoms with Crippen LogP contribution in [0.25, 0.3) is 0 Å². The molecule has 0 aliphatic carbocycles. The summed E-state index contributed by atoms with van der Waals surface area (Å²) in [4.78, 5) is 36.2. The van der Waals surface area contributed by atoms with Crippen molar-refractivity contribution in [3.63, 3.8) is 0 Å². The van der Waals surface area contributed by atoms with Gasteiger partial charge in [0.25, 0.3) is 0 Å². The van der Waals surface area contributed by atoms with Crippen LogP contribution in [0.1, 0.15) is 59.4 Å². The quantitative estimate of drug-likeness (QED) is 0.113. The van der Waals surface area contributed by atoms with Gasteiger partial charge in [0.1, 0.15) is 17.2 Å². The van der Waals surface area contributed by atoms with Crippen LogP contribution in [0.5, 0.6) is 17.2 Å². The molecule has 0 spiro atoms. The van der Waals surface area contributed by atoms with Crippen molar-refractivity contribution in [2.45, 2.75) is 39.5 Å². The first-order valence-electron chi connectivity index (χ1n) is 12.5. The van der Waals surface area contributed by atoms with Gasteiger partial charge in [-0.25, -0.2) is 14.4 Å². The largest absolute Gasteiger partial charge is 0.494 e. The molecule has 0 aliphatic heterocycles. The summed E-state index contributed by atoms with van der Waals surface area (Å²) < 4.78 is 21.5. The van der Waals surface area contributed by atoms with E-state index in [0.717, 1.165) is 31.2 Å². The highest BCUT2D eigenvalue weighted by Gasteiger charge is 2.12. The molecule has 0 N–H and O–H groups in total. The van der Waals surface area contributed by atoms with Gasteiger partial charge in [-0.2, -0.15) is 0 Å². The van der Waals surface area contributed by atoms with E-state index in [-0.39, 0.29) is 5.97 Å². The highest BCUT2D eigenvalue weighted by Crippen LogP contribution is 2.19. The molecule has 3 aromatic rings. The van der Waals surface area contributed by atoms with Crippen molar-refractivity contribution in [2.24, 2.45) is 0 Å². The molecule has 0 saturated carbocycles. The van der Waals surface area contributed by atoms with Crippen LogP contribution in [0.4, 0.5) is 0 Å². The molecule has 198 valence electrons. The Bertz CT molecular complexity index is 1230. The molecule has 0 unspecified atom stereocenters. The fourth-order valence-corrected chi connectivity index (χ4v) is 3.33. The maximum absolute atomic E-state index is 12.5. The van der Waals surface area contributed by atoms with Gasteiger partial charge in [-0.05, 0) is 98.8 Å². The molecule has 7 nitrogen and oxygen atoms in total. The van der Waals surface area contributed by atoms with Gasteiger partial charge in [-0.15, -0.1) is 0 Å². The molecule has 0 bridgehead atoms. The van der Waals surface area contributed by atoms with Crippen molar-refractivity contribution in [1.29, 1.82) is 0 Å². The Morgan fingerprint density at radius 2 is 1.13 bits per heavy atom. The Balaban J connectivity index is 1.40. The first-order chi connectivity index (χ1) is 18.4. The summed E-state index contributed by atoms with van der Waals surface area (Å²) in [6.45, 7) is 8.09. The lowest BCUT2D eigenvalue weighted by molar-refractivity contribution is -0.139. The SMILES string of the molecule is C=C(C)C(=O)OCCCCCOc1ccc(C(=O)Oc2ccc(C(=O)Oc3ccc(CC)cc3)cc2)cc1. The molecule has 0 atom stereocenters. The van der Waals surface area contributed by atoms with Crippen LogP contribution in [-0.4, -0.2) is 31.1 Å². The molecule has 0 heterocycles. The van der Waals surface area contributed by atoms with Crippen molar-refractivity contribution >= 4 is 17.9 Å². The monoisotopic (exact) mass is 516 g/mol. The molecule has 0 saturated heterocycles. The number of benzene rings is 3. The van der Waals surface area contributed by atoms with Gasteiger partial charge in [0, 0.05) is 5.57 Å². The predicted molar refractivity (Wildman–Crippen MR) is 144 cm³/mol. The second kappa shape index (κ2) is 14.4. The van der Waals surface area contributed by atoms with Crippen LogP contribution < -0.4 is 14.2 Å². The number of hydrogen-bond donors (Lipinski definition) is 0. The number of aryl methyl sites for hydroxylation is 1. The van der Waals surface area contributed by atoms with E-state index >= 15 is 0 Å². The summed E-state index contributed by atoms with van der Waals surface area (Å²) in [6.07, 6.45) is 3.33. The molecular formula is C31H32O7. The maximum Gasteiger partial charge on any atom is 0.343 e. The van der Waals surface area contributed by atoms with Gasteiger partial charge in [-0.3, -0.25) is 0 Å². The average Bonchev–Trinajstić information content (AvgIpc) is 2.93. The number of esters is 3. The minimum Gasteiger partial charge on any atom is -0.494 e. The molecule has 0 aromatic heterocycles. The second-order valence-electron chi connectivity index (χ2n) is 8.65.